The van der Waals surface area contributed by atoms with Crippen molar-refractivity contribution in [3.8, 4) is 0 Å². The Hall–Kier alpha value is -0.450. The predicted octanol–water partition coefficient (Wildman–Crippen LogP) is 4.15. The van der Waals surface area contributed by atoms with Crippen molar-refractivity contribution in [2.45, 2.75) is 6.92 Å². The third kappa shape index (κ3) is 1.82. The van der Waals surface area contributed by atoms with E-state index in [-0.39, 0.29) is 10.2 Å². The van der Waals surface area contributed by atoms with E-state index in [2.05, 4.69) is 25.9 Å². The third-order valence-corrected chi connectivity index (χ3v) is 3.55. The largest absolute Gasteiger partial charge is 0.232 e. The minimum atomic E-state index is -0.551. The second kappa shape index (κ2) is 3.85. The molecule has 6 heteroatoms. The first-order valence-corrected chi connectivity index (χ1v) is 5.53. The molecule has 0 amide bonds. The summed E-state index contributed by atoms with van der Waals surface area (Å²) in [5, 5.41) is 0.654. The topological polar surface area (TPSA) is 25.8 Å². The molecule has 0 aliphatic carbocycles. The van der Waals surface area contributed by atoms with Crippen molar-refractivity contribution in [2.75, 3.05) is 0 Å². The number of aryl methyl sites for hydroxylation is 1. The van der Waals surface area contributed by atoms with Crippen LogP contribution in [-0.2, 0) is 0 Å². The van der Waals surface area contributed by atoms with E-state index < -0.39 is 5.82 Å². The molecule has 0 saturated heterocycles. The molecule has 0 aliphatic heterocycles. The van der Waals surface area contributed by atoms with Crippen LogP contribution in [0, 0.1) is 12.7 Å². The van der Waals surface area contributed by atoms with E-state index in [4.69, 9.17) is 23.2 Å². The van der Waals surface area contributed by atoms with Crippen LogP contribution in [0.15, 0.2) is 10.5 Å². The molecular formula is C9H4BrCl2FN2. The maximum Gasteiger partial charge on any atom is 0.143 e. The Morgan fingerprint density at radius 2 is 2.00 bits per heavy atom. The summed E-state index contributed by atoms with van der Waals surface area (Å²) in [5.74, 6) is -0.0405. The van der Waals surface area contributed by atoms with E-state index >= 15 is 0 Å². The molecule has 0 fully saturated rings. The van der Waals surface area contributed by atoms with Crippen molar-refractivity contribution in [1.29, 1.82) is 0 Å². The fraction of sp³-hybridized carbons (Fsp3) is 0.111. The highest BCUT2D eigenvalue weighted by Crippen LogP contribution is 2.34. The molecule has 2 nitrogen and oxygen atoms in total. The van der Waals surface area contributed by atoms with Gasteiger partial charge in [0.1, 0.15) is 16.8 Å². The monoisotopic (exact) mass is 308 g/mol. The minimum absolute atomic E-state index is 0.00309. The number of aromatic nitrogens is 2. The first-order valence-electron chi connectivity index (χ1n) is 3.98. The Morgan fingerprint density at radius 3 is 2.67 bits per heavy atom. The molecule has 0 saturated carbocycles. The maximum absolute atomic E-state index is 13.3. The average Bonchev–Trinajstić information content (AvgIpc) is 2.17. The van der Waals surface area contributed by atoms with Crippen LogP contribution in [0.5, 0.6) is 0 Å². The van der Waals surface area contributed by atoms with Gasteiger partial charge in [0.25, 0.3) is 0 Å². The maximum atomic E-state index is 13.3. The standard InChI is InChI=1S/C9H4BrCl2FN2/c1-3-14-8-4(9(12)15-3)2-5(13)7(11)6(8)10/h2H,1H3. The van der Waals surface area contributed by atoms with Crippen LogP contribution >= 0.6 is 39.1 Å². The molecule has 0 aliphatic rings. The lowest BCUT2D eigenvalue weighted by molar-refractivity contribution is 0.629. The molecule has 1 aromatic heterocycles. The summed E-state index contributed by atoms with van der Waals surface area (Å²) >= 11 is 14.8. The van der Waals surface area contributed by atoms with E-state index in [1.165, 1.54) is 6.07 Å². The lowest BCUT2D eigenvalue weighted by Gasteiger charge is -2.05. The number of rotatable bonds is 0. The van der Waals surface area contributed by atoms with Gasteiger partial charge in [0, 0.05) is 5.39 Å². The number of hydrogen-bond donors (Lipinski definition) is 0. The lowest BCUT2D eigenvalue weighted by Crippen LogP contribution is -1.93. The van der Waals surface area contributed by atoms with Gasteiger partial charge >= 0.3 is 0 Å². The van der Waals surface area contributed by atoms with Crippen molar-refractivity contribution in [3.63, 3.8) is 0 Å². The van der Waals surface area contributed by atoms with Gasteiger partial charge in [-0.25, -0.2) is 14.4 Å². The fourth-order valence-electron chi connectivity index (χ4n) is 1.24. The fourth-order valence-corrected chi connectivity index (χ4v) is 2.14. The van der Waals surface area contributed by atoms with Gasteiger partial charge in [0.15, 0.2) is 0 Å². The predicted molar refractivity (Wildman–Crippen MR) is 62.0 cm³/mol. The van der Waals surface area contributed by atoms with Crippen molar-refractivity contribution in [1.82, 2.24) is 9.97 Å². The zero-order chi connectivity index (χ0) is 11.2. The molecule has 2 aromatic rings. The second-order valence-electron chi connectivity index (χ2n) is 2.94. The van der Waals surface area contributed by atoms with Crippen LogP contribution in [0.25, 0.3) is 10.9 Å². The van der Waals surface area contributed by atoms with Crippen molar-refractivity contribution < 1.29 is 4.39 Å². The van der Waals surface area contributed by atoms with Crippen LogP contribution < -0.4 is 0 Å². The molecule has 1 aromatic carbocycles. The number of nitrogens with zero attached hydrogens (tertiary/aromatic N) is 2. The highest BCUT2D eigenvalue weighted by atomic mass is 79.9. The highest BCUT2D eigenvalue weighted by molar-refractivity contribution is 9.10. The summed E-state index contributed by atoms with van der Waals surface area (Å²) < 4.78 is 13.7. The Labute approximate surface area is 104 Å². The Bertz CT molecular complexity index is 560. The van der Waals surface area contributed by atoms with Gasteiger partial charge in [0.05, 0.1) is 15.0 Å². The molecule has 78 valence electrons. The molecule has 0 radical (unpaired) electrons. The summed E-state index contributed by atoms with van der Waals surface area (Å²) in [6, 6.07) is 1.23. The quantitative estimate of drug-likeness (QED) is 0.540. The van der Waals surface area contributed by atoms with Crippen LogP contribution in [0.1, 0.15) is 5.82 Å². The normalized spacial score (nSPS) is 11.0. The molecule has 0 spiro atoms. The van der Waals surface area contributed by atoms with E-state index in [0.717, 1.165) is 0 Å². The average molecular weight is 310 g/mol. The highest BCUT2D eigenvalue weighted by Gasteiger charge is 2.14. The van der Waals surface area contributed by atoms with Crippen LogP contribution in [0.3, 0.4) is 0 Å². The molecule has 0 bridgehead atoms. The van der Waals surface area contributed by atoms with Crippen LogP contribution in [0.2, 0.25) is 10.2 Å². The summed E-state index contributed by atoms with van der Waals surface area (Å²) in [5.41, 5.74) is 0.513. The molecule has 15 heavy (non-hydrogen) atoms. The van der Waals surface area contributed by atoms with Gasteiger partial charge in [-0.05, 0) is 28.9 Å². The number of fused-ring (bicyclic) bond motifs is 1. The second-order valence-corrected chi connectivity index (χ2v) is 4.47. The zero-order valence-electron chi connectivity index (χ0n) is 7.48. The summed E-state index contributed by atoms with van der Waals surface area (Å²) in [6.45, 7) is 1.70. The van der Waals surface area contributed by atoms with Gasteiger partial charge in [-0.15, -0.1) is 0 Å². The molecular weight excluding hydrogens is 306 g/mol. The van der Waals surface area contributed by atoms with Crippen molar-refractivity contribution in [3.05, 3.63) is 32.4 Å². The minimum Gasteiger partial charge on any atom is -0.232 e. The van der Waals surface area contributed by atoms with Crippen molar-refractivity contribution in [2.24, 2.45) is 0 Å². The number of benzene rings is 1. The van der Waals surface area contributed by atoms with Gasteiger partial charge < -0.3 is 0 Å². The van der Waals surface area contributed by atoms with Gasteiger partial charge in [0.2, 0.25) is 0 Å². The number of hydrogen-bond acceptors (Lipinski definition) is 2. The van der Waals surface area contributed by atoms with E-state index in [1.807, 2.05) is 0 Å². The van der Waals surface area contributed by atoms with E-state index in [0.29, 0.717) is 21.2 Å². The SMILES string of the molecule is Cc1nc(Cl)c2cc(F)c(Cl)c(Br)c2n1. The molecule has 0 N–H and O–H groups in total. The summed E-state index contributed by atoms with van der Waals surface area (Å²) in [4.78, 5) is 8.08. The molecule has 1 heterocycles. The Morgan fingerprint density at radius 1 is 1.33 bits per heavy atom. The van der Waals surface area contributed by atoms with E-state index in [1.54, 1.807) is 6.92 Å². The van der Waals surface area contributed by atoms with Crippen molar-refractivity contribution >= 4 is 50.0 Å². The van der Waals surface area contributed by atoms with E-state index in [9.17, 15) is 4.39 Å². The smallest absolute Gasteiger partial charge is 0.143 e. The van der Waals surface area contributed by atoms with Crippen LogP contribution in [0.4, 0.5) is 4.39 Å². The third-order valence-electron chi connectivity index (χ3n) is 1.89. The van der Waals surface area contributed by atoms with Gasteiger partial charge in [-0.3, -0.25) is 0 Å². The van der Waals surface area contributed by atoms with Gasteiger partial charge in [-0.2, -0.15) is 0 Å². The number of halogens is 4. The first-order chi connectivity index (χ1) is 7.00. The zero-order valence-corrected chi connectivity index (χ0v) is 10.6. The Balaban J connectivity index is 2.98. The summed E-state index contributed by atoms with van der Waals surface area (Å²) in [6.07, 6.45) is 0. The van der Waals surface area contributed by atoms with Gasteiger partial charge in [-0.1, -0.05) is 23.2 Å². The Kier molecular flexibility index (Phi) is 2.83. The molecule has 2 rings (SSSR count). The molecule has 0 unspecified atom stereocenters. The summed E-state index contributed by atoms with van der Waals surface area (Å²) in [7, 11) is 0. The molecule has 0 atom stereocenters. The lowest BCUT2D eigenvalue weighted by atomic mass is 10.2. The first kappa shape index (κ1) is 11.0. The van der Waals surface area contributed by atoms with Crippen LogP contribution in [-0.4, -0.2) is 9.97 Å².